The first kappa shape index (κ1) is 18.1. The molecule has 0 aliphatic rings. The molecule has 0 radical (unpaired) electrons. The van der Waals surface area contributed by atoms with E-state index in [9.17, 15) is 4.79 Å². The van der Waals surface area contributed by atoms with E-state index in [0.29, 0.717) is 19.6 Å². The molecular weight excluding hydrogens is 322 g/mol. The summed E-state index contributed by atoms with van der Waals surface area (Å²) in [5.74, 6) is 0.0852. The normalized spacial score (nSPS) is 11.3. The van der Waals surface area contributed by atoms with Crippen LogP contribution in [0.3, 0.4) is 0 Å². The Balaban J connectivity index is 2.23. The SMILES string of the molecule is CCOCCC(=O)[N+](c1ccccc1)(c1ccccc1)c1ccccc1. The van der Waals surface area contributed by atoms with Crippen LogP contribution in [0.4, 0.5) is 17.1 Å². The summed E-state index contributed by atoms with van der Waals surface area (Å²) in [6, 6.07) is 29.8. The number of hydrogen-bond acceptors (Lipinski definition) is 2. The third-order valence-electron chi connectivity index (χ3n) is 4.47. The lowest BCUT2D eigenvalue weighted by Crippen LogP contribution is -2.45. The van der Waals surface area contributed by atoms with Crippen molar-refractivity contribution in [2.75, 3.05) is 13.2 Å². The minimum atomic E-state index is 0.0512. The number of amides is 1. The van der Waals surface area contributed by atoms with Crippen molar-refractivity contribution in [3.8, 4) is 0 Å². The van der Waals surface area contributed by atoms with Crippen molar-refractivity contribution in [3.05, 3.63) is 91.0 Å². The van der Waals surface area contributed by atoms with Crippen LogP contribution in [0.2, 0.25) is 0 Å². The van der Waals surface area contributed by atoms with Gasteiger partial charge in [-0.3, -0.25) is 0 Å². The number of quaternary nitrogens is 1. The molecule has 0 bridgehead atoms. The molecule has 3 nitrogen and oxygen atoms in total. The highest BCUT2D eigenvalue weighted by atomic mass is 16.5. The van der Waals surface area contributed by atoms with Gasteiger partial charge in [-0.2, -0.15) is 4.48 Å². The molecule has 1 amide bonds. The fourth-order valence-electron chi connectivity index (χ4n) is 3.31. The summed E-state index contributed by atoms with van der Waals surface area (Å²) in [5.41, 5.74) is 2.77. The van der Waals surface area contributed by atoms with Crippen molar-refractivity contribution in [2.24, 2.45) is 0 Å². The minimum Gasteiger partial charge on any atom is -0.381 e. The Morgan fingerprint density at radius 2 is 1.12 bits per heavy atom. The Labute approximate surface area is 155 Å². The molecule has 0 spiro atoms. The number of hydrogen-bond donors (Lipinski definition) is 0. The van der Waals surface area contributed by atoms with Crippen molar-refractivity contribution >= 4 is 23.0 Å². The molecule has 0 aromatic heterocycles. The van der Waals surface area contributed by atoms with E-state index in [1.807, 2.05) is 97.9 Å². The van der Waals surface area contributed by atoms with Crippen LogP contribution in [0, 0.1) is 0 Å². The third-order valence-corrected chi connectivity index (χ3v) is 4.47. The molecule has 0 fully saturated rings. The molecule has 0 N–H and O–H groups in total. The molecule has 26 heavy (non-hydrogen) atoms. The number of carbonyl (C=O) groups excluding carboxylic acids is 1. The van der Waals surface area contributed by atoms with Crippen LogP contribution in [0.1, 0.15) is 13.3 Å². The summed E-state index contributed by atoms with van der Waals surface area (Å²) in [6.45, 7) is 2.97. The zero-order valence-corrected chi connectivity index (χ0v) is 15.0. The molecule has 0 atom stereocenters. The second-order valence-corrected chi connectivity index (χ2v) is 6.02. The van der Waals surface area contributed by atoms with Crippen LogP contribution >= 0.6 is 0 Å². The van der Waals surface area contributed by atoms with Crippen LogP contribution in [0.15, 0.2) is 91.0 Å². The van der Waals surface area contributed by atoms with Gasteiger partial charge in [0.25, 0.3) is 0 Å². The Morgan fingerprint density at radius 3 is 1.46 bits per heavy atom. The average molecular weight is 346 g/mol. The molecule has 0 saturated heterocycles. The van der Waals surface area contributed by atoms with E-state index >= 15 is 0 Å². The third kappa shape index (κ3) is 3.45. The van der Waals surface area contributed by atoms with E-state index in [4.69, 9.17) is 4.74 Å². The van der Waals surface area contributed by atoms with Crippen LogP contribution in [0.25, 0.3) is 0 Å². The van der Waals surface area contributed by atoms with Crippen LogP contribution in [0.5, 0.6) is 0 Å². The first-order valence-electron chi connectivity index (χ1n) is 8.97. The first-order chi connectivity index (χ1) is 12.8. The van der Waals surface area contributed by atoms with Gasteiger partial charge in [0.2, 0.25) is 0 Å². The van der Waals surface area contributed by atoms with Gasteiger partial charge in [0, 0.05) is 43.0 Å². The Bertz CT molecular complexity index is 720. The van der Waals surface area contributed by atoms with Gasteiger partial charge in [-0.25, -0.2) is 4.79 Å². The van der Waals surface area contributed by atoms with Gasteiger partial charge in [0.05, 0.1) is 13.0 Å². The number of rotatable bonds is 7. The van der Waals surface area contributed by atoms with Crippen LogP contribution < -0.4 is 4.48 Å². The maximum absolute atomic E-state index is 13.6. The zero-order valence-electron chi connectivity index (χ0n) is 15.0. The van der Waals surface area contributed by atoms with Crippen molar-refractivity contribution in [2.45, 2.75) is 13.3 Å². The van der Waals surface area contributed by atoms with E-state index in [1.165, 1.54) is 0 Å². The van der Waals surface area contributed by atoms with Gasteiger partial charge in [0.1, 0.15) is 0 Å². The van der Waals surface area contributed by atoms with Crippen LogP contribution in [-0.2, 0) is 9.53 Å². The van der Waals surface area contributed by atoms with Gasteiger partial charge < -0.3 is 4.74 Å². The summed E-state index contributed by atoms with van der Waals surface area (Å²) in [4.78, 5) is 13.6. The van der Waals surface area contributed by atoms with Crippen molar-refractivity contribution in [1.82, 2.24) is 4.48 Å². The number of nitrogens with zero attached hydrogens (tertiary/aromatic N) is 1. The number of benzene rings is 3. The monoisotopic (exact) mass is 346 g/mol. The average Bonchev–Trinajstić information content (AvgIpc) is 2.71. The fourth-order valence-corrected chi connectivity index (χ4v) is 3.31. The molecule has 0 heterocycles. The Hall–Kier alpha value is -2.75. The van der Waals surface area contributed by atoms with E-state index in [-0.39, 0.29) is 10.4 Å². The van der Waals surface area contributed by atoms with Gasteiger partial charge >= 0.3 is 5.91 Å². The smallest absolute Gasteiger partial charge is 0.331 e. The Kier molecular flexibility index (Phi) is 5.95. The highest BCUT2D eigenvalue weighted by Gasteiger charge is 2.43. The lowest BCUT2D eigenvalue weighted by molar-refractivity contribution is -0.126. The second-order valence-electron chi connectivity index (χ2n) is 6.02. The van der Waals surface area contributed by atoms with E-state index in [2.05, 4.69) is 0 Å². The summed E-state index contributed by atoms with van der Waals surface area (Å²) >= 11 is 0. The number of para-hydroxylation sites is 3. The maximum atomic E-state index is 13.6. The van der Waals surface area contributed by atoms with Gasteiger partial charge in [-0.15, -0.1) is 0 Å². The molecule has 3 heteroatoms. The van der Waals surface area contributed by atoms with Crippen molar-refractivity contribution in [3.63, 3.8) is 0 Å². The molecule has 0 aliphatic carbocycles. The summed E-state index contributed by atoms with van der Waals surface area (Å²) in [7, 11) is 0. The molecule has 0 saturated carbocycles. The van der Waals surface area contributed by atoms with E-state index < -0.39 is 0 Å². The van der Waals surface area contributed by atoms with Crippen LogP contribution in [-0.4, -0.2) is 19.1 Å². The molecule has 132 valence electrons. The quantitative estimate of drug-likeness (QED) is 0.410. The highest BCUT2D eigenvalue weighted by molar-refractivity contribution is 6.01. The van der Waals surface area contributed by atoms with Gasteiger partial charge in [-0.1, -0.05) is 54.6 Å². The molecule has 0 unspecified atom stereocenters. The Morgan fingerprint density at radius 1 is 0.731 bits per heavy atom. The standard InChI is InChI=1S/C23H24NO2/c1-2-26-19-18-23(25)24(20-12-6-3-7-13-20,21-14-8-4-9-15-21)22-16-10-5-11-17-22/h3-17H,2,18-19H2,1H3/q+1. The maximum Gasteiger partial charge on any atom is 0.331 e. The molecule has 3 aromatic carbocycles. The largest absolute Gasteiger partial charge is 0.381 e. The van der Waals surface area contributed by atoms with E-state index in [0.717, 1.165) is 17.1 Å². The highest BCUT2D eigenvalue weighted by Crippen LogP contribution is 2.44. The molecular formula is C23H24NO2+. The number of carbonyl (C=O) groups is 1. The summed E-state index contributed by atoms with van der Waals surface area (Å²) < 4.78 is 5.53. The van der Waals surface area contributed by atoms with Crippen molar-refractivity contribution in [1.29, 1.82) is 0 Å². The topological polar surface area (TPSA) is 26.3 Å². The number of ether oxygens (including phenoxy) is 1. The fraction of sp³-hybridized carbons (Fsp3) is 0.174. The lowest BCUT2D eigenvalue weighted by atomic mass is 10.1. The minimum absolute atomic E-state index is 0.0512. The van der Waals surface area contributed by atoms with Crippen molar-refractivity contribution < 1.29 is 9.53 Å². The first-order valence-corrected chi connectivity index (χ1v) is 8.97. The second kappa shape index (κ2) is 8.56. The zero-order chi connectivity index (χ0) is 18.2. The van der Waals surface area contributed by atoms with E-state index in [1.54, 1.807) is 0 Å². The summed E-state index contributed by atoms with van der Waals surface area (Å²) in [5, 5.41) is 0. The molecule has 3 aromatic rings. The lowest BCUT2D eigenvalue weighted by Gasteiger charge is -2.34. The predicted molar refractivity (Wildman–Crippen MR) is 107 cm³/mol. The predicted octanol–water partition coefficient (Wildman–Crippen LogP) is 5.61. The summed E-state index contributed by atoms with van der Waals surface area (Å²) in [6.07, 6.45) is 0.340. The molecule has 3 rings (SSSR count). The van der Waals surface area contributed by atoms with Gasteiger partial charge in [0.15, 0.2) is 17.1 Å². The van der Waals surface area contributed by atoms with Gasteiger partial charge in [-0.05, 0) is 6.92 Å². The molecule has 0 aliphatic heterocycles.